The average Bonchev–Trinajstić information content (AvgIpc) is 2.58. The second kappa shape index (κ2) is 8.58. The van der Waals surface area contributed by atoms with Crippen LogP contribution in [0.5, 0.6) is 5.75 Å². The first-order chi connectivity index (χ1) is 12.0. The Morgan fingerprint density at radius 1 is 1.12 bits per heavy atom. The molecular formula is C19H21F2NO3. The van der Waals surface area contributed by atoms with Gasteiger partial charge in [0.05, 0.1) is 0 Å². The number of halogens is 2. The van der Waals surface area contributed by atoms with Crippen LogP contribution in [0.3, 0.4) is 0 Å². The predicted molar refractivity (Wildman–Crippen MR) is 91.5 cm³/mol. The Morgan fingerprint density at radius 2 is 1.84 bits per heavy atom. The van der Waals surface area contributed by atoms with Gasteiger partial charge in [-0.05, 0) is 42.9 Å². The number of phenolic OH excluding ortho intramolecular Hbond substituents is 1. The summed E-state index contributed by atoms with van der Waals surface area (Å²) in [5.74, 6) is -2.38. The number of nitrogens with zero attached hydrogens (tertiary/aromatic N) is 1. The molecule has 0 aliphatic carbocycles. The van der Waals surface area contributed by atoms with E-state index in [0.29, 0.717) is 12.1 Å². The maximum absolute atomic E-state index is 13.8. The zero-order chi connectivity index (χ0) is 18.4. The summed E-state index contributed by atoms with van der Waals surface area (Å²) < 4.78 is 32.0. The van der Waals surface area contributed by atoms with Crippen LogP contribution in [0.1, 0.15) is 24.2 Å². The van der Waals surface area contributed by atoms with E-state index in [2.05, 4.69) is 4.90 Å². The number of esters is 1. The molecule has 2 aromatic rings. The Kier molecular flexibility index (Phi) is 6.47. The molecule has 0 saturated carbocycles. The van der Waals surface area contributed by atoms with E-state index in [0.717, 1.165) is 25.2 Å². The van der Waals surface area contributed by atoms with E-state index in [1.807, 2.05) is 13.8 Å². The molecular weight excluding hydrogens is 328 g/mol. The maximum atomic E-state index is 13.8. The lowest BCUT2D eigenvalue weighted by Crippen LogP contribution is -2.27. The molecule has 0 saturated heterocycles. The molecule has 2 aromatic carbocycles. The smallest absolute Gasteiger partial charge is 0.341 e. The highest BCUT2D eigenvalue weighted by Gasteiger charge is 2.15. The quantitative estimate of drug-likeness (QED) is 0.772. The SMILES string of the molecule is CCN(CC)CCOC(=O)c1ccc(-c2ccc(F)cc2F)cc1O. The third kappa shape index (κ3) is 4.76. The van der Waals surface area contributed by atoms with Crippen LogP contribution in [0, 0.1) is 11.6 Å². The summed E-state index contributed by atoms with van der Waals surface area (Å²) in [6.45, 7) is 6.58. The molecule has 1 N–H and O–H groups in total. The molecule has 4 nitrogen and oxygen atoms in total. The number of carbonyl (C=O) groups excluding carboxylic acids is 1. The van der Waals surface area contributed by atoms with Gasteiger partial charge in [-0.15, -0.1) is 0 Å². The third-order valence-corrected chi connectivity index (χ3v) is 3.99. The van der Waals surface area contributed by atoms with Crippen molar-refractivity contribution in [2.75, 3.05) is 26.2 Å². The predicted octanol–water partition coefficient (Wildman–Crippen LogP) is 3.84. The minimum atomic E-state index is -0.742. The van der Waals surface area contributed by atoms with Gasteiger partial charge in [0, 0.05) is 18.2 Å². The lowest BCUT2D eigenvalue weighted by Gasteiger charge is -2.17. The molecule has 0 heterocycles. The van der Waals surface area contributed by atoms with E-state index in [1.165, 1.54) is 24.3 Å². The van der Waals surface area contributed by atoms with E-state index in [9.17, 15) is 18.7 Å². The highest BCUT2D eigenvalue weighted by molar-refractivity contribution is 5.93. The van der Waals surface area contributed by atoms with E-state index in [4.69, 9.17) is 4.74 Å². The Bertz CT molecular complexity index is 745. The van der Waals surface area contributed by atoms with Crippen molar-refractivity contribution in [3.63, 3.8) is 0 Å². The number of ether oxygens (including phenoxy) is 1. The number of rotatable bonds is 7. The first-order valence-corrected chi connectivity index (χ1v) is 8.14. The summed E-state index contributed by atoms with van der Waals surface area (Å²) in [6.07, 6.45) is 0. The van der Waals surface area contributed by atoms with Gasteiger partial charge in [0.2, 0.25) is 0 Å². The van der Waals surface area contributed by atoms with Gasteiger partial charge in [-0.1, -0.05) is 19.9 Å². The van der Waals surface area contributed by atoms with Crippen molar-refractivity contribution in [2.24, 2.45) is 0 Å². The first kappa shape index (κ1) is 18.9. The highest BCUT2D eigenvalue weighted by atomic mass is 19.1. The molecule has 6 heteroatoms. The summed E-state index contributed by atoms with van der Waals surface area (Å²) >= 11 is 0. The molecule has 0 radical (unpaired) electrons. The van der Waals surface area contributed by atoms with Crippen molar-refractivity contribution in [2.45, 2.75) is 13.8 Å². The van der Waals surface area contributed by atoms with E-state index in [1.54, 1.807) is 0 Å². The molecule has 0 aliphatic heterocycles. The summed E-state index contributed by atoms with van der Waals surface area (Å²) in [7, 11) is 0. The van der Waals surface area contributed by atoms with Crippen LogP contribution < -0.4 is 0 Å². The van der Waals surface area contributed by atoms with Gasteiger partial charge < -0.3 is 14.7 Å². The van der Waals surface area contributed by atoms with E-state index >= 15 is 0 Å². The number of benzene rings is 2. The number of carbonyl (C=O) groups is 1. The van der Waals surface area contributed by atoms with Crippen LogP contribution in [0.2, 0.25) is 0 Å². The van der Waals surface area contributed by atoms with E-state index < -0.39 is 17.6 Å². The Labute approximate surface area is 145 Å². The summed E-state index contributed by atoms with van der Waals surface area (Å²) in [4.78, 5) is 14.2. The second-order valence-corrected chi connectivity index (χ2v) is 5.52. The Morgan fingerprint density at radius 3 is 2.44 bits per heavy atom. The van der Waals surface area contributed by atoms with Crippen LogP contribution in [0.15, 0.2) is 36.4 Å². The maximum Gasteiger partial charge on any atom is 0.341 e. The number of hydrogen-bond donors (Lipinski definition) is 1. The Balaban J connectivity index is 2.09. The van der Waals surface area contributed by atoms with Crippen molar-refractivity contribution in [1.82, 2.24) is 4.90 Å². The number of aromatic hydroxyl groups is 1. The molecule has 0 spiro atoms. The van der Waals surface area contributed by atoms with Gasteiger partial charge in [-0.25, -0.2) is 13.6 Å². The summed E-state index contributed by atoms with van der Waals surface area (Å²) in [5, 5.41) is 10.1. The van der Waals surface area contributed by atoms with Crippen LogP contribution >= 0.6 is 0 Å². The zero-order valence-corrected chi connectivity index (χ0v) is 14.3. The molecule has 134 valence electrons. The lowest BCUT2D eigenvalue weighted by atomic mass is 10.0. The minimum Gasteiger partial charge on any atom is -0.507 e. The molecule has 0 amide bonds. The van der Waals surface area contributed by atoms with Crippen molar-refractivity contribution < 1.29 is 23.4 Å². The van der Waals surface area contributed by atoms with Crippen molar-refractivity contribution in [3.8, 4) is 16.9 Å². The largest absolute Gasteiger partial charge is 0.507 e. The fourth-order valence-electron chi connectivity index (χ4n) is 2.48. The molecule has 0 bridgehead atoms. The minimum absolute atomic E-state index is 0.00539. The van der Waals surface area contributed by atoms with Gasteiger partial charge >= 0.3 is 5.97 Å². The van der Waals surface area contributed by atoms with Gasteiger partial charge in [-0.3, -0.25) is 0 Å². The fraction of sp³-hybridized carbons (Fsp3) is 0.316. The number of hydrogen-bond acceptors (Lipinski definition) is 4. The lowest BCUT2D eigenvalue weighted by molar-refractivity contribution is 0.0463. The van der Waals surface area contributed by atoms with Crippen LogP contribution in [-0.4, -0.2) is 42.2 Å². The van der Waals surface area contributed by atoms with Gasteiger partial charge in [0.25, 0.3) is 0 Å². The molecule has 0 fully saturated rings. The Hall–Kier alpha value is -2.47. The van der Waals surface area contributed by atoms with Crippen LogP contribution in [0.25, 0.3) is 11.1 Å². The standard InChI is InChI=1S/C19H21F2NO3/c1-3-22(4-2)9-10-25-19(24)16-7-5-13(11-18(16)23)15-8-6-14(20)12-17(15)21/h5-8,11-12,23H,3-4,9-10H2,1-2H3. The second-order valence-electron chi connectivity index (χ2n) is 5.52. The first-order valence-electron chi connectivity index (χ1n) is 8.14. The highest BCUT2D eigenvalue weighted by Crippen LogP contribution is 2.29. The monoisotopic (exact) mass is 349 g/mol. The van der Waals surface area contributed by atoms with Crippen LogP contribution in [-0.2, 0) is 4.74 Å². The number of likely N-dealkylation sites (N-methyl/N-ethyl adjacent to an activating group) is 1. The van der Waals surface area contributed by atoms with E-state index in [-0.39, 0.29) is 23.5 Å². The van der Waals surface area contributed by atoms with Gasteiger partial charge in [0.15, 0.2) is 0 Å². The number of phenols is 1. The average molecular weight is 349 g/mol. The van der Waals surface area contributed by atoms with Crippen LogP contribution in [0.4, 0.5) is 8.78 Å². The van der Waals surface area contributed by atoms with Crippen molar-refractivity contribution in [3.05, 3.63) is 53.6 Å². The third-order valence-electron chi connectivity index (χ3n) is 3.99. The fourth-order valence-corrected chi connectivity index (χ4v) is 2.48. The topological polar surface area (TPSA) is 49.8 Å². The molecule has 2 rings (SSSR count). The van der Waals surface area contributed by atoms with Crippen molar-refractivity contribution in [1.29, 1.82) is 0 Å². The molecule has 0 unspecified atom stereocenters. The van der Waals surface area contributed by atoms with Gasteiger partial charge in [0.1, 0.15) is 29.6 Å². The zero-order valence-electron chi connectivity index (χ0n) is 14.3. The normalized spacial score (nSPS) is 10.9. The van der Waals surface area contributed by atoms with Crippen molar-refractivity contribution >= 4 is 5.97 Å². The summed E-state index contributed by atoms with van der Waals surface area (Å²) in [6, 6.07) is 7.29. The molecule has 0 aromatic heterocycles. The molecule has 0 atom stereocenters. The van der Waals surface area contributed by atoms with Gasteiger partial charge in [-0.2, -0.15) is 0 Å². The molecule has 25 heavy (non-hydrogen) atoms. The molecule has 0 aliphatic rings. The summed E-state index contributed by atoms with van der Waals surface area (Å²) in [5.41, 5.74) is 0.485.